The summed E-state index contributed by atoms with van der Waals surface area (Å²) in [5.41, 5.74) is 0.398. The Labute approximate surface area is 91.5 Å². The van der Waals surface area contributed by atoms with E-state index in [0.29, 0.717) is 11.8 Å². The van der Waals surface area contributed by atoms with Crippen molar-refractivity contribution in [1.29, 1.82) is 0 Å². The quantitative estimate of drug-likeness (QED) is 0.777. The molecule has 15 heavy (non-hydrogen) atoms. The van der Waals surface area contributed by atoms with Crippen LogP contribution >= 0.6 is 0 Å². The summed E-state index contributed by atoms with van der Waals surface area (Å²) in [5, 5.41) is 9.01. The first kappa shape index (κ1) is 10.9. The van der Waals surface area contributed by atoms with Crippen LogP contribution in [0.3, 0.4) is 0 Å². The molecule has 0 bridgehead atoms. The van der Waals surface area contributed by atoms with Gasteiger partial charge in [0.25, 0.3) is 0 Å². The molecule has 3 nitrogen and oxygen atoms in total. The molecule has 0 amide bonds. The molecule has 2 fully saturated rings. The lowest BCUT2D eigenvalue weighted by Gasteiger charge is -2.55. The summed E-state index contributed by atoms with van der Waals surface area (Å²) in [7, 11) is 0. The molecule has 1 heterocycles. The van der Waals surface area contributed by atoms with Crippen LogP contribution in [0.15, 0.2) is 0 Å². The second-order valence-corrected chi connectivity index (χ2v) is 6.02. The zero-order chi connectivity index (χ0) is 11.1. The largest absolute Gasteiger partial charge is 0.481 e. The number of likely N-dealkylation sites (tertiary alicyclic amines) is 1. The molecule has 1 saturated carbocycles. The second kappa shape index (κ2) is 3.48. The summed E-state index contributed by atoms with van der Waals surface area (Å²) in [6.45, 7) is 6.65. The van der Waals surface area contributed by atoms with Gasteiger partial charge in [0.05, 0.1) is 6.42 Å². The van der Waals surface area contributed by atoms with E-state index in [1.54, 1.807) is 0 Å². The van der Waals surface area contributed by atoms with E-state index in [1.165, 1.54) is 12.8 Å². The molecule has 0 spiro atoms. The third-order valence-corrected chi connectivity index (χ3v) is 3.92. The third kappa shape index (κ3) is 2.03. The van der Waals surface area contributed by atoms with Gasteiger partial charge in [0.15, 0.2) is 0 Å². The summed E-state index contributed by atoms with van der Waals surface area (Å²) in [5.74, 6) is -0.637. The van der Waals surface area contributed by atoms with Gasteiger partial charge in [-0.2, -0.15) is 0 Å². The van der Waals surface area contributed by atoms with Gasteiger partial charge in [0, 0.05) is 18.6 Å². The van der Waals surface area contributed by atoms with Crippen molar-refractivity contribution in [3.8, 4) is 0 Å². The van der Waals surface area contributed by atoms with Crippen LogP contribution in [-0.4, -0.2) is 34.6 Å². The van der Waals surface area contributed by atoms with Crippen molar-refractivity contribution in [3.05, 3.63) is 0 Å². The van der Waals surface area contributed by atoms with Gasteiger partial charge in [-0.1, -0.05) is 26.7 Å². The molecular formula is C12H21NO2. The summed E-state index contributed by atoms with van der Waals surface area (Å²) < 4.78 is 0. The molecule has 0 aromatic carbocycles. The minimum Gasteiger partial charge on any atom is -0.481 e. The number of carboxylic acids is 1. The zero-order valence-electron chi connectivity index (χ0n) is 9.75. The van der Waals surface area contributed by atoms with Gasteiger partial charge in [-0.25, -0.2) is 0 Å². The van der Waals surface area contributed by atoms with Crippen LogP contribution in [0, 0.1) is 5.41 Å². The van der Waals surface area contributed by atoms with Crippen LogP contribution in [0.5, 0.6) is 0 Å². The van der Waals surface area contributed by atoms with E-state index in [-0.39, 0.29) is 5.54 Å². The van der Waals surface area contributed by atoms with Crippen LogP contribution in [0.4, 0.5) is 0 Å². The van der Waals surface area contributed by atoms with Crippen molar-refractivity contribution in [2.45, 2.75) is 51.5 Å². The molecular weight excluding hydrogens is 190 g/mol. The van der Waals surface area contributed by atoms with E-state index < -0.39 is 5.97 Å². The second-order valence-electron chi connectivity index (χ2n) is 6.02. The fourth-order valence-electron chi connectivity index (χ4n) is 3.24. The Kier molecular flexibility index (Phi) is 2.53. The molecule has 3 heteroatoms. The fourth-order valence-corrected chi connectivity index (χ4v) is 3.24. The predicted octanol–water partition coefficient (Wildman–Crippen LogP) is 2.12. The summed E-state index contributed by atoms with van der Waals surface area (Å²) >= 11 is 0. The fraction of sp³-hybridized carbons (Fsp3) is 0.917. The number of carboxylic acid groups (broad SMARTS) is 1. The Hall–Kier alpha value is -0.570. The summed E-state index contributed by atoms with van der Waals surface area (Å²) in [4.78, 5) is 13.4. The number of hydrogen-bond donors (Lipinski definition) is 1. The molecule has 1 aliphatic heterocycles. The number of carbonyl (C=O) groups is 1. The molecule has 1 N–H and O–H groups in total. The van der Waals surface area contributed by atoms with Gasteiger partial charge in [-0.3, -0.25) is 9.69 Å². The first-order chi connectivity index (χ1) is 6.94. The normalized spacial score (nSPS) is 28.7. The van der Waals surface area contributed by atoms with Gasteiger partial charge in [-0.15, -0.1) is 0 Å². The van der Waals surface area contributed by atoms with Crippen LogP contribution in [0.25, 0.3) is 0 Å². The average molecular weight is 211 g/mol. The Balaban J connectivity index is 2.04. The van der Waals surface area contributed by atoms with Crippen molar-refractivity contribution in [2.75, 3.05) is 13.1 Å². The first-order valence-corrected chi connectivity index (χ1v) is 5.91. The maximum absolute atomic E-state index is 10.9. The van der Waals surface area contributed by atoms with E-state index in [1.807, 2.05) is 0 Å². The first-order valence-electron chi connectivity index (χ1n) is 5.91. The van der Waals surface area contributed by atoms with Crippen molar-refractivity contribution in [1.82, 2.24) is 4.90 Å². The molecule has 2 aliphatic rings. The number of hydrogen-bond acceptors (Lipinski definition) is 2. The highest BCUT2D eigenvalue weighted by Gasteiger charge is 2.49. The van der Waals surface area contributed by atoms with Crippen molar-refractivity contribution in [3.63, 3.8) is 0 Å². The molecule has 0 radical (unpaired) electrons. The van der Waals surface area contributed by atoms with Crippen molar-refractivity contribution >= 4 is 5.97 Å². The standard InChI is InChI=1S/C12H21NO2/c1-11(2)8-13(9-11)12(7-10(14)15)5-3-4-6-12/h3-9H2,1-2H3,(H,14,15). The Morgan fingerprint density at radius 1 is 1.27 bits per heavy atom. The molecule has 0 atom stereocenters. The lowest BCUT2D eigenvalue weighted by Crippen LogP contribution is -2.63. The van der Waals surface area contributed by atoms with E-state index in [2.05, 4.69) is 18.7 Å². The van der Waals surface area contributed by atoms with E-state index in [9.17, 15) is 4.79 Å². The van der Waals surface area contributed by atoms with Crippen molar-refractivity contribution in [2.24, 2.45) is 5.41 Å². The highest BCUT2D eigenvalue weighted by atomic mass is 16.4. The Bertz CT molecular complexity index is 259. The van der Waals surface area contributed by atoms with Gasteiger partial charge < -0.3 is 5.11 Å². The van der Waals surface area contributed by atoms with Crippen LogP contribution in [0.1, 0.15) is 46.0 Å². The van der Waals surface area contributed by atoms with Gasteiger partial charge in [0.2, 0.25) is 0 Å². The zero-order valence-corrected chi connectivity index (χ0v) is 9.75. The van der Waals surface area contributed by atoms with Crippen LogP contribution in [-0.2, 0) is 4.79 Å². The minimum atomic E-state index is -0.637. The summed E-state index contributed by atoms with van der Waals surface area (Å²) in [6, 6.07) is 0. The highest BCUT2D eigenvalue weighted by Crippen LogP contribution is 2.45. The molecule has 0 unspecified atom stereocenters. The Morgan fingerprint density at radius 3 is 2.20 bits per heavy atom. The number of aliphatic carboxylic acids is 1. The summed E-state index contributed by atoms with van der Waals surface area (Å²) in [6.07, 6.45) is 4.89. The topological polar surface area (TPSA) is 40.5 Å². The van der Waals surface area contributed by atoms with E-state index in [0.717, 1.165) is 25.9 Å². The number of rotatable bonds is 3. The van der Waals surface area contributed by atoms with Crippen molar-refractivity contribution < 1.29 is 9.90 Å². The van der Waals surface area contributed by atoms with Gasteiger partial charge in [0.1, 0.15) is 0 Å². The molecule has 1 aliphatic carbocycles. The van der Waals surface area contributed by atoms with E-state index in [4.69, 9.17) is 5.11 Å². The van der Waals surface area contributed by atoms with Crippen LogP contribution in [0.2, 0.25) is 0 Å². The molecule has 86 valence electrons. The lowest BCUT2D eigenvalue weighted by atomic mass is 9.77. The minimum absolute atomic E-state index is 0.00134. The van der Waals surface area contributed by atoms with Crippen LogP contribution < -0.4 is 0 Å². The Morgan fingerprint density at radius 2 is 1.80 bits per heavy atom. The highest BCUT2D eigenvalue weighted by molar-refractivity contribution is 5.68. The molecule has 0 aromatic rings. The average Bonchev–Trinajstić information content (AvgIpc) is 2.48. The lowest BCUT2D eigenvalue weighted by molar-refractivity contribution is -0.144. The third-order valence-electron chi connectivity index (χ3n) is 3.92. The maximum atomic E-state index is 10.9. The smallest absolute Gasteiger partial charge is 0.305 e. The number of nitrogens with zero attached hydrogens (tertiary/aromatic N) is 1. The molecule has 2 rings (SSSR count). The maximum Gasteiger partial charge on any atom is 0.305 e. The SMILES string of the molecule is CC1(C)CN(C2(CC(=O)O)CCCC2)C1. The van der Waals surface area contributed by atoms with Gasteiger partial charge in [-0.05, 0) is 18.3 Å². The van der Waals surface area contributed by atoms with Gasteiger partial charge >= 0.3 is 5.97 Å². The van der Waals surface area contributed by atoms with E-state index >= 15 is 0 Å². The molecule has 0 aromatic heterocycles. The molecule has 1 saturated heterocycles. The predicted molar refractivity (Wildman–Crippen MR) is 58.8 cm³/mol. The monoisotopic (exact) mass is 211 g/mol.